The fraction of sp³-hybridized carbons (Fsp3) is 0.333. The van der Waals surface area contributed by atoms with Crippen molar-refractivity contribution in [2.45, 2.75) is 19.1 Å². The monoisotopic (exact) mass is 223 g/mol. The lowest BCUT2D eigenvalue weighted by molar-refractivity contribution is -0.149. The number of halogens is 4. The number of benzene rings is 1. The van der Waals surface area contributed by atoms with E-state index >= 15 is 0 Å². The van der Waals surface area contributed by atoms with Crippen molar-refractivity contribution >= 4 is 11.6 Å². The number of hydrogen-bond acceptors (Lipinski definition) is 1. The molecule has 1 aromatic carbocycles. The van der Waals surface area contributed by atoms with Crippen molar-refractivity contribution < 1.29 is 13.2 Å². The summed E-state index contributed by atoms with van der Waals surface area (Å²) < 4.78 is 36.9. The average molecular weight is 224 g/mol. The van der Waals surface area contributed by atoms with Gasteiger partial charge in [0.15, 0.2) is 0 Å². The van der Waals surface area contributed by atoms with Crippen LogP contribution in [0.2, 0.25) is 5.02 Å². The molecular formula is C9H9ClF3N. The summed E-state index contributed by atoms with van der Waals surface area (Å²) in [6.45, 7) is 1.55. The highest BCUT2D eigenvalue weighted by molar-refractivity contribution is 6.31. The Bertz CT molecular complexity index is 315. The summed E-state index contributed by atoms with van der Waals surface area (Å²) >= 11 is 5.65. The van der Waals surface area contributed by atoms with Crippen molar-refractivity contribution in [1.82, 2.24) is 0 Å². The molecule has 5 heteroatoms. The number of hydrogen-bond donors (Lipinski definition) is 1. The van der Waals surface area contributed by atoms with Crippen molar-refractivity contribution in [1.29, 1.82) is 0 Å². The van der Waals surface area contributed by atoms with Crippen molar-refractivity contribution in [3.63, 3.8) is 0 Å². The van der Waals surface area contributed by atoms with Crippen LogP contribution in [0.1, 0.15) is 17.2 Å². The fourth-order valence-electron chi connectivity index (χ4n) is 1.20. The Morgan fingerprint density at radius 1 is 1.36 bits per heavy atom. The van der Waals surface area contributed by atoms with Crippen LogP contribution in [-0.4, -0.2) is 6.18 Å². The Labute approximate surface area is 84.7 Å². The molecule has 14 heavy (non-hydrogen) atoms. The third kappa shape index (κ3) is 2.19. The van der Waals surface area contributed by atoms with Crippen LogP contribution < -0.4 is 5.73 Å². The van der Waals surface area contributed by atoms with Gasteiger partial charge in [-0.1, -0.05) is 23.7 Å². The minimum atomic E-state index is -4.46. The highest BCUT2D eigenvalue weighted by Crippen LogP contribution is 2.35. The molecule has 0 aliphatic heterocycles. The van der Waals surface area contributed by atoms with Gasteiger partial charge in [0.2, 0.25) is 0 Å². The van der Waals surface area contributed by atoms with Gasteiger partial charge in [-0.15, -0.1) is 0 Å². The van der Waals surface area contributed by atoms with E-state index in [1.54, 1.807) is 19.1 Å². The smallest absolute Gasteiger partial charge is 0.316 e. The van der Waals surface area contributed by atoms with Crippen molar-refractivity contribution in [3.8, 4) is 0 Å². The molecule has 0 saturated carbocycles. The third-order valence-electron chi connectivity index (χ3n) is 1.93. The molecule has 1 rings (SSSR count). The van der Waals surface area contributed by atoms with Crippen LogP contribution in [0.25, 0.3) is 0 Å². The van der Waals surface area contributed by atoms with Crippen LogP contribution in [0, 0.1) is 6.92 Å². The van der Waals surface area contributed by atoms with E-state index in [1.165, 1.54) is 6.07 Å². The van der Waals surface area contributed by atoms with Gasteiger partial charge in [0.25, 0.3) is 0 Å². The minimum absolute atomic E-state index is 0.0508. The van der Waals surface area contributed by atoms with Crippen LogP contribution in [0.4, 0.5) is 13.2 Å². The first kappa shape index (κ1) is 11.3. The van der Waals surface area contributed by atoms with E-state index in [0.717, 1.165) is 0 Å². The molecule has 0 aliphatic carbocycles. The standard InChI is InChI=1S/C9H9ClF3N/c1-5-3-2-4-6(10)7(5)8(14)9(11,12)13/h2-4,8H,14H2,1H3/t8-/m1/s1. The molecule has 0 unspecified atom stereocenters. The van der Waals surface area contributed by atoms with Gasteiger partial charge in [-0.05, 0) is 24.1 Å². The maximum atomic E-state index is 12.3. The molecular weight excluding hydrogens is 215 g/mol. The highest BCUT2D eigenvalue weighted by atomic mass is 35.5. The zero-order valence-electron chi connectivity index (χ0n) is 7.40. The van der Waals surface area contributed by atoms with Crippen molar-refractivity contribution in [2.24, 2.45) is 5.73 Å². The van der Waals surface area contributed by atoms with Crippen LogP contribution in [0.5, 0.6) is 0 Å². The molecule has 2 N–H and O–H groups in total. The van der Waals surface area contributed by atoms with Crippen LogP contribution >= 0.6 is 11.6 Å². The van der Waals surface area contributed by atoms with E-state index in [9.17, 15) is 13.2 Å². The van der Waals surface area contributed by atoms with Gasteiger partial charge >= 0.3 is 6.18 Å². The van der Waals surface area contributed by atoms with Gasteiger partial charge in [0.1, 0.15) is 6.04 Å². The molecule has 0 fully saturated rings. The molecule has 0 saturated heterocycles. The van der Waals surface area contributed by atoms with Gasteiger partial charge in [0.05, 0.1) is 0 Å². The van der Waals surface area contributed by atoms with Gasteiger partial charge in [-0.3, -0.25) is 0 Å². The van der Waals surface area contributed by atoms with Crippen molar-refractivity contribution in [2.75, 3.05) is 0 Å². The Hall–Kier alpha value is -0.740. The Balaban J connectivity index is 3.19. The molecule has 1 atom stereocenters. The fourth-order valence-corrected chi connectivity index (χ4v) is 1.54. The van der Waals surface area contributed by atoms with E-state index in [2.05, 4.69) is 0 Å². The molecule has 0 amide bonds. The lowest BCUT2D eigenvalue weighted by Crippen LogP contribution is -2.29. The number of nitrogens with two attached hydrogens (primary N) is 1. The predicted molar refractivity (Wildman–Crippen MR) is 49.2 cm³/mol. The van der Waals surface area contributed by atoms with E-state index in [-0.39, 0.29) is 10.6 Å². The van der Waals surface area contributed by atoms with E-state index in [1.807, 2.05) is 0 Å². The minimum Gasteiger partial charge on any atom is -0.316 e. The first-order chi connectivity index (χ1) is 6.34. The largest absolute Gasteiger partial charge is 0.407 e. The summed E-state index contributed by atoms with van der Waals surface area (Å²) in [5.74, 6) is 0. The maximum absolute atomic E-state index is 12.3. The molecule has 0 aromatic heterocycles. The van der Waals surface area contributed by atoms with E-state index in [4.69, 9.17) is 17.3 Å². The molecule has 0 heterocycles. The average Bonchev–Trinajstić information content (AvgIpc) is 2.01. The molecule has 0 bridgehead atoms. The number of aryl methyl sites for hydroxylation is 1. The first-order valence-corrected chi connectivity index (χ1v) is 4.29. The first-order valence-electron chi connectivity index (χ1n) is 3.91. The predicted octanol–water partition coefficient (Wildman–Crippen LogP) is 3.21. The topological polar surface area (TPSA) is 26.0 Å². The Morgan fingerprint density at radius 2 is 1.93 bits per heavy atom. The van der Waals surface area contributed by atoms with E-state index < -0.39 is 12.2 Å². The van der Waals surface area contributed by atoms with Crippen molar-refractivity contribution in [3.05, 3.63) is 34.3 Å². The Morgan fingerprint density at radius 3 is 2.36 bits per heavy atom. The SMILES string of the molecule is Cc1cccc(Cl)c1[C@@H](N)C(F)(F)F. The molecule has 78 valence electrons. The molecule has 0 radical (unpaired) electrons. The normalized spacial score (nSPS) is 14.1. The second-order valence-electron chi connectivity index (χ2n) is 2.99. The lowest BCUT2D eigenvalue weighted by Gasteiger charge is -2.19. The van der Waals surface area contributed by atoms with Crippen LogP contribution in [0.15, 0.2) is 18.2 Å². The molecule has 0 aliphatic rings. The summed E-state index contributed by atoms with van der Waals surface area (Å²) in [6, 6.07) is 2.52. The zero-order chi connectivity index (χ0) is 10.9. The van der Waals surface area contributed by atoms with Crippen LogP contribution in [-0.2, 0) is 0 Å². The van der Waals surface area contributed by atoms with Gasteiger partial charge in [-0.2, -0.15) is 13.2 Å². The summed E-state index contributed by atoms with van der Waals surface area (Å²) in [5.41, 5.74) is 5.46. The summed E-state index contributed by atoms with van der Waals surface area (Å²) in [4.78, 5) is 0. The quantitative estimate of drug-likeness (QED) is 0.777. The zero-order valence-corrected chi connectivity index (χ0v) is 8.15. The maximum Gasteiger partial charge on any atom is 0.407 e. The molecule has 1 nitrogen and oxygen atoms in total. The molecule has 1 aromatic rings. The van der Waals surface area contributed by atoms with E-state index in [0.29, 0.717) is 5.56 Å². The highest BCUT2D eigenvalue weighted by Gasteiger charge is 2.39. The second-order valence-corrected chi connectivity index (χ2v) is 3.40. The Kier molecular flexibility index (Phi) is 3.07. The summed E-state index contributed by atoms with van der Waals surface area (Å²) in [6.07, 6.45) is -4.46. The van der Waals surface area contributed by atoms with Gasteiger partial charge in [0, 0.05) is 5.02 Å². The summed E-state index contributed by atoms with van der Waals surface area (Å²) in [5, 5.41) is 0.0508. The number of alkyl halides is 3. The third-order valence-corrected chi connectivity index (χ3v) is 2.26. The number of rotatable bonds is 1. The molecule has 0 spiro atoms. The summed E-state index contributed by atoms with van der Waals surface area (Å²) in [7, 11) is 0. The second kappa shape index (κ2) is 3.79. The van der Waals surface area contributed by atoms with Crippen LogP contribution in [0.3, 0.4) is 0 Å². The van der Waals surface area contributed by atoms with Gasteiger partial charge < -0.3 is 5.73 Å². The van der Waals surface area contributed by atoms with Gasteiger partial charge in [-0.25, -0.2) is 0 Å². The lowest BCUT2D eigenvalue weighted by atomic mass is 10.0.